The number of thioether (sulfide) groups is 1. The van der Waals surface area contributed by atoms with E-state index in [1.54, 1.807) is 0 Å². The van der Waals surface area contributed by atoms with Gasteiger partial charge in [0.1, 0.15) is 0 Å². The maximum Gasteiger partial charge on any atom is 0.254 e. The lowest BCUT2D eigenvalue weighted by molar-refractivity contribution is -0.123. The highest BCUT2D eigenvalue weighted by Crippen LogP contribution is 2.53. The molecule has 40 heavy (non-hydrogen) atoms. The first kappa shape index (κ1) is 29.0. The molecule has 214 valence electrons. The van der Waals surface area contributed by atoms with Crippen LogP contribution >= 0.6 is 34.7 Å². The van der Waals surface area contributed by atoms with Crippen LogP contribution in [0.5, 0.6) is 11.5 Å². The highest BCUT2D eigenvalue weighted by molar-refractivity contribution is 7.98. The van der Waals surface area contributed by atoms with Crippen molar-refractivity contribution in [1.82, 2.24) is 15.2 Å². The number of hydrogen-bond donors (Lipinski definition) is 2. The summed E-state index contributed by atoms with van der Waals surface area (Å²) in [4.78, 5) is 33.1. The number of carbonyl (C=O) groups excluding carboxylic acids is 1. The first-order valence-electron chi connectivity index (χ1n) is 13.5. The summed E-state index contributed by atoms with van der Waals surface area (Å²) in [5.41, 5.74) is 3.11. The van der Waals surface area contributed by atoms with E-state index in [0.29, 0.717) is 38.6 Å². The molecule has 2 N–H and O–H groups in total. The Hall–Kier alpha value is -2.46. The molecule has 7 nitrogen and oxygen atoms in total. The van der Waals surface area contributed by atoms with E-state index in [-0.39, 0.29) is 23.9 Å². The fraction of sp³-hybridized carbons (Fsp3) is 0.467. The second-order valence-electron chi connectivity index (χ2n) is 11.1. The van der Waals surface area contributed by atoms with Gasteiger partial charge < -0.3 is 24.7 Å². The average molecular weight is 602 g/mol. The van der Waals surface area contributed by atoms with E-state index in [9.17, 15) is 9.59 Å². The number of nitrogens with zero attached hydrogens (tertiary/aromatic N) is 1. The SMILES string of the molecule is CSc1cc(C)[nH]c(=O)c1CNC(=O)c1cc(-c2ccc(Cl)s2)c2c(c1C)OC(C)([C@H]1CC[C@H](N(C)C)CC1)O2. The Kier molecular flexibility index (Phi) is 8.30. The van der Waals surface area contributed by atoms with Crippen LogP contribution in [-0.2, 0) is 6.54 Å². The minimum atomic E-state index is -0.822. The number of amides is 1. The van der Waals surface area contributed by atoms with Gasteiger partial charge in [0.2, 0.25) is 0 Å². The van der Waals surface area contributed by atoms with Gasteiger partial charge in [-0.3, -0.25) is 9.59 Å². The van der Waals surface area contributed by atoms with Crippen molar-refractivity contribution in [3.63, 3.8) is 0 Å². The van der Waals surface area contributed by atoms with E-state index in [4.69, 9.17) is 21.1 Å². The summed E-state index contributed by atoms with van der Waals surface area (Å²) in [7, 11) is 4.27. The number of benzene rings is 1. The molecule has 2 aromatic heterocycles. The Labute approximate surface area is 248 Å². The monoisotopic (exact) mass is 601 g/mol. The minimum Gasteiger partial charge on any atom is -0.448 e. The largest absolute Gasteiger partial charge is 0.448 e. The van der Waals surface area contributed by atoms with E-state index >= 15 is 0 Å². The number of hydrogen-bond acceptors (Lipinski definition) is 7. The summed E-state index contributed by atoms with van der Waals surface area (Å²) >= 11 is 9.23. The molecule has 1 aromatic carbocycles. The summed E-state index contributed by atoms with van der Waals surface area (Å²) in [6.07, 6.45) is 6.11. The van der Waals surface area contributed by atoms with Crippen LogP contribution in [-0.4, -0.2) is 48.0 Å². The summed E-state index contributed by atoms with van der Waals surface area (Å²) in [6.45, 7) is 5.87. The van der Waals surface area contributed by atoms with E-state index in [0.717, 1.165) is 46.7 Å². The van der Waals surface area contributed by atoms with Gasteiger partial charge in [0.15, 0.2) is 11.5 Å². The van der Waals surface area contributed by atoms with Crippen LogP contribution < -0.4 is 20.3 Å². The highest BCUT2D eigenvalue weighted by atomic mass is 35.5. The Morgan fingerprint density at radius 3 is 2.50 bits per heavy atom. The molecule has 3 heterocycles. The van der Waals surface area contributed by atoms with Gasteiger partial charge in [-0.2, -0.15) is 0 Å². The van der Waals surface area contributed by atoms with Crippen molar-refractivity contribution in [3.8, 4) is 21.9 Å². The summed E-state index contributed by atoms with van der Waals surface area (Å²) in [6, 6.07) is 8.14. The number of aryl methyl sites for hydroxylation is 1. The van der Waals surface area contributed by atoms with Crippen molar-refractivity contribution in [2.75, 3.05) is 20.4 Å². The van der Waals surface area contributed by atoms with Crippen molar-refractivity contribution >= 4 is 40.6 Å². The number of nitrogens with one attached hydrogen (secondary N) is 2. The van der Waals surface area contributed by atoms with Gasteiger partial charge in [0, 0.05) is 63.1 Å². The smallest absolute Gasteiger partial charge is 0.254 e. The van der Waals surface area contributed by atoms with Gasteiger partial charge in [0.25, 0.3) is 17.3 Å². The lowest BCUT2D eigenvalue weighted by Gasteiger charge is -2.39. The zero-order valence-corrected chi connectivity index (χ0v) is 26.2. The Morgan fingerprint density at radius 2 is 1.88 bits per heavy atom. The van der Waals surface area contributed by atoms with Gasteiger partial charge in [-0.25, -0.2) is 0 Å². The predicted octanol–water partition coefficient (Wildman–Crippen LogP) is 6.63. The third kappa shape index (κ3) is 5.53. The normalized spacial score (nSPS) is 22.1. The van der Waals surface area contributed by atoms with Crippen LogP contribution in [0, 0.1) is 19.8 Å². The van der Waals surface area contributed by atoms with Crippen molar-refractivity contribution in [2.45, 2.75) is 69.7 Å². The van der Waals surface area contributed by atoms with Crippen LogP contribution in [0.15, 0.2) is 34.0 Å². The molecular weight excluding hydrogens is 566 g/mol. The van der Waals surface area contributed by atoms with Crippen LogP contribution in [0.4, 0.5) is 0 Å². The molecule has 1 unspecified atom stereocenters. The molecule has 0 spiro atoms. The molecule has 2 aliphatic rings. The maximum absolute atomic E-state index is 13.6. The molecule has 1 aliphatic carbocycles. The van der Waals surface area contributed by atoms with Gasteiger partial charge in [-0.1, -0.05) is 11.6 Å². The number of rotatable bonds is 7. The molecule has 1 fully saturated rings. The fourth-order valence-electron chi connectivity index (χ4n) is 5.84. The first-order chi connectivity index (χ1) is 19.0. The van der Waals surface area contributed by atoms with E-state index in [1.165, 1.54) is 23.1 Å². The number of H-pyrrole nitrogens is 1. The number of pyridine rings is 1. The number of ether oxygens (including phenoxy) is 2. The predicted molar refractivity (Wildman–Crippen MR) is 163 cm³/mol. The summed E-state index contributed by atoms with van der Waals surface area (Å²) in [5.74, 6) is 0.384. The zero-order valence-electron chi connectivity index (χ0n) is 23.8. The summed E-state index contributed by atoms with van der Waals surface area (Å²) < 4.78 is 14.0. The van der Waals surface area contributed by atoms with Crippen LogP contribution in [0.2, 0.25) is 4.34 Å². The standard InChI is InChI=1S/C30H36ClN3O4S2/c1-16-13-24(39-6)22(29(36)33-16)15-32-28(35)20-14-21(23-11-12-25(31)40-23)27-26(17(20)2)37-30(3,38-27)18-7-9-19(10-8-18)34(4)5/h11-14,18-19H,7-10,15H2,1-6H3,(H,32,35)(H,33,36)/t18-,19-,30?. The third-order valence-electron chi connectivity index (χ3n) is 8.22. The molecule has 1 amide bonds. The van der Waals surface area contributed by atoms with Crippen LogP contribution in [0.1, 0.15) is 59.8 Å². The fourth-order valence-corrected chi connectivity index (χ4v) is 7.61. The van der Waals surface area contributed by atoms with Crippen LogP contribution in [0.3, 0.4) is 0 Å². The summed E-state index contributed by atoms with van der Waals surface area (Å²) in [5, 5.41) is 2.97. The van der Waals surface area contributed by atoms with Gasteiger partial charge in [0.05, 0.1) is 4.34 Å². The molecule has 5 rings (SSSR count). The van der Waals surface area contributed by atoms with E-state index in [1.807, 2.05) is 51.3 Å². The Balaban J connectivity index is 1.47. The highest BCUT2D eigenvalue weighted by Gasteiger charge is 2.47. The molecule has 0 saturated heterocycles. The topological polar surface area (TPSA) is 83.7 Å². The molecule has 1 saturated carbocycles. The number of carbonyl (C=O) groups is 1. The molecule has 1 atom stereocenters. The molecule has 10 heteroatoms. The first-order valence-corrected chi connectivity index (χ1v) is 16.0. The lowest BCUT2D eigenvalue weighted by Crippen LogP contribution is -2.46. The number of thiophene rings is 1. The molecule has 0 radical (unpaired) electrons. The van der Waals surface area contributed by atoms with Gasteiger partial charge >= 0.3 is 0 Å². The van der Waals surface area contributed by atoms with Crippen molar-refractivity contribution < 1.29 is 14.3 Å². The lowest BCUT2D eigenvalue weighted by atomic mass is 9.81. The van der Waals surface area contributed by atoms with E-state index < -0.39 is 5.79 Å². The molecular formula is C30H36ClN3O4S2. The average Bonchev–Trinajstić information content (AvgIpc) is 3.52. The van der Waals surface area contributed by atoms with Crippen molar-refractivity contribution in [2.24, 2.45) is 5.92 Å². The molecule has 0 bridgehead atoms. The number of aromatic amines is 1. The third-order valence-corrected chi connectivity index (χ3v) is 10.3. The van der Waals surface area contributed by atoms with Crippen LogP contribution in [0.25, 0.3) is 10.4 Å². The van der Waals surface area contributed by atoms with Crippen molar-refractivity contribution in [3.05, 3.63) is 61.3 Å². The Morgan fingerprint density at radius 1 is 1.18 bits per heavy atom. The number of fused-ring (bicyclic) bond motifs is 1. The van der Waals surface area contributed by atoms with Gasteiger partial charge in [-0.05, 0) is 84.1 Å². The zero-order chi connectivity index (χ0) is 28.8. The van der Waals surface area contributed by atoms with E-state index in [2.05, 4.69) is 29.3 Å². The maximum atomic E-state index is 13.6. The molecule has 3 aromatic rings. The second-order valence-corrected chi connectivity index (χ2v) is 13.6. The van der Waals surface area contributed by atoms with Crippen molar-refractivity contribution in [1.29, 1.82) is 0 Å². The Bertz CT molecular complexity index is 1490. The second kappa shape index (κ2) is 11.4. The molecule has 1 aliphatic heterocycles. The van der Waals surface area contributed by atoms with Gasteiger partial charge in [-0.15, -0.1) is 23.1 Å². The minimum absolute atomic E-state index is 0.117. The number of halogens is 1. The quantitative estimate of drug-likeness (QED) is 0.296. The number of aromatic nitrogens is 1.